The molecule has 1 nitrogen and oxygen atoms in total. The van der Waals surface area contributed by atoms with Crippen LogP contribution in [0, 0.1) is 5.92 Å². The molecule has 1 aromatic carbocycles. The number of halogens is 2. The van der Waals surface area contributed by atoms with E-state index in [0.29, 0.717) is 0 Å². The van der Waals surface area contributed by atoms with Crippen LogP contribution in [-0.2, 0) is 6.42 Å². The third-order valence-corrected chi connectivity index (χ3v) is 3.34. The molecule has 2 rings (SSSR count). The molecule has 1 heterocycles. The van der Waals surface area contributed by atoms with Crippen molar-refractivity contribution in [2.45, 2.75) is 19.3 Å². The first-order valence-electron chi connectivity index (χ1n) is 5.40. The van der Waals surface area contributed by atoms with Gasteiger partial charge in [0.25, 0.3) is 0 Å². The maximum Gasteiger partial charge on any atom is 0.0423 e. The van der Waals surface area contributed by atoms with E-state index < -0.39 is 0 Å². The van der Waals surface area contributed by atoms with Gasteiger partial charge in [0.1, 0.15) is 0 Å². The molecule has 1 aromatic rings. The van der Waals surface area contributed by atoms with Crippen molar-refractivity contribution in [2.75, 3.05) is 13.1 Å². The van der Waals surface area contributed by atoms with Gasteiger partial charge in [-0.2, -0.15) is 0 Å². The minimum atomic E-state index is 0.742. The van der Waals surface area contributed by atoms with E-state index in [1.165, 1.54) is 18.4 Å². The predicted molar refractivity (Wildman–Crippen MR) is 65.8 cm³/mol. The standard InChI is InChI=1S/C12H15Cl2N/c13-11-6-10(7-12(14)8-11)5-9-1-3-15-4-2-9/h6-9,15H,1-5H2. The molecule has 1 aliphatic heterocycles. The quantitative estimate of drug-likeness (QED) is 0.839. The van der Waals surface area contributed by atoms with Crippen LogP contribution in [-0.4, -0.2) is 13.1 Å². The summed E-state index contributed by atoms with van der Waals surface area (Å²) in [6.45, 7) is 2.28. The summed E-state index contributed by atoms with van der Waals surface area (Å²) >= 11 is 11.9. The van der Waals surface area contributed by atoms with Crippen molar-refractivity contribution in [3.8, 4) is 0 Å². The average molecular weight is 244 g/mol. The molecule has 0 unspecified atom stereocenters. The lowest BCUT2D eigenvalue weighted by molar-refractivity contribution is 0.372. The predicted octanol–water partition coefficient (Wildman–Crippen LogP) is 3.54. The third-order valence-electron chi connectivity index (χ3n) is 2.91. The van der Waals surface area contributed by atoms with Gasteiger partial charge in [-0.25, -0.2) is 0 Å². The summed E-state index contributed by atoms with van der Waals surface area (Å²) in [5.41, 5.74) is 1.26. The number of rotatable bonds is 2. The first-order valence-corrected chi connectivity index (χ1v) is 6.15. The topological polar surface area (TPSA) is 12.0 Å². The van der Waals surface area contributed by atoms with Gasteiger partial charge in [0.05, 0.1) is 0 Å². The fourth-order valence-electron chi connectivity index (χ4n) is 2.15. The van der Waals surface area contributed by atoms with E-state index in [1.54, 1.807) is 6.07 Å². The van der Waals surface area contributed by atoms with Gasteiger partial charge in [0.2, 0.25) is 0 Å². The van der Waals surface area contributed by atoms with E-state index in [0.717, 1.165) is 35.5 Å². The lowest BCUT2D eigenvalue weighted by Crippen LogP contribution is -2.28. The molecule has 82 valence electrons. The van der Waals surface area contributed by atoms with Crippen LogP contribution in [0.2, 0.25) is 10.0 Å². The van der Waals surface area contributed by atoms with Crippen molar-refractivity contribution >= 4 is 23.2 Å². The molecule has 0 aromatic heterocycles. The van der Waals surface area contributed by atoms with Crippen LogP contribution in [0.3, 0.4) is 0 Å². The van der Waals surface area contributed by atoms with Gasteiger partial charge >= 0.3 is 0 Å². The van der Waals surface area contributed by atoms with Crippen molar-refractivity contribution in [3.05, 3.63) is 33.8 Å². The van der Waals surface area contributed by atoms with Crippen LogP contribution in [0.4, 0.5) is 0 Å². The molecule has 0 bridgehead atoms. The SMILES string of the molecule is Clc1cc(Cl)cc(CC2CCNCC2)c1. The number of benzene rings is 1. The van der Waals surface area contributed by atoms with Gasteiger partial charge in [0.15, 0.2) is 0 Å². The lowest BCUT2D eigenvalue weighted by atomic mass is 9.91. The maximum absolute atomic E-state index is 5.97. The highest BCUT2D eigenvalue weighted by molar-refractivity contribution is 6.34. The van der Waals surface area contributed by atoms with Crippen LogP contribution < -0.4 is 5.32 Å². The molecule has 0 amide bonds. The van der Waals surface area contributed by atoms with E-state index in [-0.39, 0.29) is 0 Å². The molecule has 0 radical (unpaired) electrons. The minimum absolute atomic E-state index is 0.742. The van der Waals surface area contributed by atoms with Crippen LogP contribution >= 0.6 is 23.2 Å². The summed E-state index contributed by atoms with van der Waals surface area (Å²) in [5.74, 6) is 0.779. The third kappa shape index (κ3) is 3.37. The zero-order chi connectivity index (χ0) is 10.7. The van der Waals surface area contributed by atoms with Crippen molar-refractivity contribution in [2.24, 2.45) is 5.92 Å². The van der Waals surface area contributed by atoms with Gasteiger partial charge in [0, 0.05) is 10.0 Å². The number of nitrogens with one attached hydrogen (secondary N) is 1. The molecule has 0 saturated carbocycles. The van der Waals surface area contributed by atoms with E-state index in [1.807, 2.05) is 12.1 Å². The van der Waals surface area contributed by atoms with Gasteiger partial charge in [-0.1, -0.05) is 23.2 Å². The Balaban J connectivity index is 2.02. The highest BCUT2D eigenvalue weighted by atomic mass is 35.5. The molecular formula is C12H15Cl2N. The Morgan fingerprint density at radius 2 is 1.67 bits per heavy atom. The molecule has 0 atom stereocenters. The Hall–Kier alpha value is -0.240. The summed E-state index contributed by atoms with van der Waals surface area (Å²) < 4.78 is 0. The summed E-state index contributed by atoms with van der Waals surface area (Å²) in [5, 5.41) is 4.86. The number of hydrogen-bond acceptors (Lipinski definition) is 1. The van der Waals surface area contributed by atoms with Crippen molar-refractivity contribution in [1.29, 1.82) is 0 Å². The zero-order valence-corrected chi connectivity index (χ0v) is 10.1. The molecule has 0 spiro atoms. The fourth-order valence-corrected chi connectivity index (χ4v) is 2.72. The molecule has 1 fully saturated rings. The second-order valence-electron chi connectivity index (χ2n) is 4.18. The zero-order valence-electron chi connectivity index (χ0n) is 8.60. The Morgan fingerprint density at radius 3 is 2.27 bits per heavy atom. The number of hydrogen-bond donors (Lipinski definition) is 1. The van der Waals surface area contributed by atoms with Crippen LogP contribution in [0.15, 0.2) is 18.2 Å². The molecule has 15 heavy (non-hydrogen) atoms. The van der Waals surface area contributed by atoms with Gasteiger partial charge < -0.3 is 5.32 Å². The van der Waals surface area contributed by atoms with Crippen molar-refractivity contribution < 1.29 is 0 Å². The monoisotopic (exact) mass is 243 g/mol. The van der Waals surface area contributed by atoms with E-state index in [9.17, 15) is 0 Å². The fraction of sp³-hybridized carbons (Fsp3) is 0.500. The van der Waals surface area contributed by atoms with E-state index in [4.69, 9.17) is 23.2 Å². The second kappa shape index (κ2) is 5.20. The molecule has 1 N–H and O–H groups in total. The smallest absolute Gasteiger partial charge is 0.0423 e. The maximum atomic E-state index is 5.97. The summed E-state index contributed by atoms with van der Waals surface area (Å²) in [6.07, 6.45) is 3.61. The minimum Gasteiger partial charge on any atom is -0.317 e. The summed E-state index contributed by atoms with van der Waals surface area (Å²) in [7, 11) is 0. The largest absolute Gasteiger partial charge is 0.317 e. The molecule has 0 aliphatic carbocycles. The van der Waals surface area contributed by atoms with Crippen LogP contribution in [0.1, 0.15) is 18.4 Å². The van der Waals surface area contributed by atoms with E-state index >= 15 is 0 Å². The Kier molecular flexibility index (Phi) is 3.90. The Labute approximate surface area is 101 Å². The second-order valence-corrected chi connectivity index (χ2v) is 5.05. The highest BCUT2D eigenvalue weighted by Gasteiger charge is 2.13. The summed E-state index contributed by atoms with van der Waals surface area (Å²) in [4.78, 5) is 0. The van der Waals surface area contributed by atoms with E-state index in [2.05, 4.69) is 5.32 Å². The van der Waals surface area contributed by atoms with Gasteiger partial charge in [-0.15, -0.1) is 0 Å². The Morgan fingerprint density at radius 1 is 1.07 bits per heavy atom. The van der Waals surface area contributed by atoms with Crippen LogP contribution in [0.25, 0.3) is 0 Å². The molecule has 3 heteroatoms. The Bertz CT molecular complexity index is 312. The van der Waals surface area contributed by atoms with Crippen molar-refractivity contribution in [1.82, 2.24) is 5.32 Å². The van der Waals surface area contributed by atoms with Gasteiger partial charge in [-0.05, 0) is 62.0 Å². The molecule has 1 saturated heterocycles. The summed E-state index contributed by atoms with van der Waals surface area (Å²) in [6, 6.07) is 5.83. The molecule has 1 aliphatic rings. The first kappa shape index (κ1) is 11.3. The van der Waals surface area contributed by atoms with Crippen molar-refractivity contribution in [3.63, 3.8) is 0 Å². The van der Waals surface area contributed by atoms with Crippen LogP contribution in [0.5, 0.6) is 0 Å². The normalized spacial score (nSPS) is 18.0. The highest BCUT2D eigenvalue weighted by Crippen LogP contribution is 2.23. The lowest BCUT2D eigenvalue weighted by Gasteiger charge is -2.22. The number of piperidine rings is 1. The molecular weight excluding hydrogens is 229 g/mol. The first-order chi connectivity index (χ1) is 7.24. The van der Waals surface area contributed by atoms with Gasteiger partial charge in [-0.3, -0.25) is 0 Å². The average Bonchev–Trinajstić information content (AvgIpc) is 2.17.